The molecule has 1 aromatic carbocycles. The molecule has 0 bridgehead atoms. The standard InChI is InChI=1S/C18H17ClN2O5/c1-10-4-3-5-13(20-10)11(2)25-15-9-16-14(8-12(15)19)21(18(24)26-16)7-6-17(22)23/h3-5,8-9,11H,6-7H2,1-2H3,(H,22,23)/t11-/m1/s1. The van der Waals surface area contributed by atoms with Crippen molar-refractivity contribution in [1.82, 2.24) is 9.55 Å². The number of carboxylic acids is 1. The van der Waals surface area contributed by atoms with Crippen LogP contribution in [0.15, 0.2) is 39.5 Å². The summed E-state index contributed by atoms with van der Waals surface area (Å²) in [7, 11) is 0. The molecule has 0 aliphatic rings. The normalized spacial score (nSPS) is 12.3. The third kappa shape index (κ3) is 3.72. The first kappa shape index (κ1) is 18.0. The average molecular weight is 377 g/mol. The van der Waals surface area contributed by atoms with Crippen molar-refractivity contribution in [2.45, 2.75) is 32.9 Å². The Balaban J connectivity index is 1.92. The Labute approximate surface area is 153 Å². The molecule has 0 aliphatic heterocycles. The molecule has 0 amide bonds. The molecule has 7 nitrogen and oxygen atoms in total. The van der Waals surface area contributed by atoms with Gasteiger partial charge in [-0.1, -0.05) is 17.7 Å². The van der Waals surface area contributed by atoms with E-state index >= 15 is 0 Å². The number of pyridine rings is 1. The molecule has 3 rings (SSSR count). The van der Waals surface area contributed by atoms with E-state index < -0.39 is 11.7 Å². The molecule has 2 aromatic heterocycles. The molecule has 0 saturated heterocycles. The maximum absolute atomic E-state index is 12.0. The Morgan fingerprint density at radius 2 is 2.19 bits per heavy atom. The van der Waals surface area contributed by atoms with Crippen LogP contribution >= 0.6 is 11.6 Å². The quantitative estimate of drug-likeness (QED) is 0.706. The summed E-state index contributed by atoms with van der Waals surface area (Å²) in [6.07, 6.45) is -0.550. The first-order valence-corrected chi connectivity index (χ1v) is 8.38. The lowest BCUT2D eigenvalue weighted by Crippen LogP contribution is -2.16. The third-order valence-corrected chi connectivity index (χ3v) is 4.20. The summed E-state index contributed by atoms with van der Waals surface area (Å²) in [5.74, 6) is -1.28. The average Bonchev–Trinajstić information content (AvgIpc) is 2.87. The van der Waals surface area contributed by atoms with Crippen LogP contribution in [0.2, 0.25) is 5.02 Å². The summed E-state index contributed by atoms with van der Waals surface area (Å²) in [5.41, 5.74) is 2.33. The number of aromatic nitrogens is 2. The molecular weight excluding hydrogens is 360 g/mol. The van der Waals surface area contributed by atoms with Crippen LogP contribution < -0.4 is 10.5 Å². The zero-order chi connectivity index (χ0) is 18.8. The van der Waals surface area contributed by atoms with Gasteiger partial charge in [0.2, 0.25) is 0 Å². The molecule has 0 aliphatic carbocycles. The van der Waals surface area contributed by atoms with Crippen molar-refractivity contribution >= 4 is 28.7 Å². The topological polar surface area (TPSA) is 94.6 Å². The fraction of sp³-hybridized carbons (Fsp3) is 0.278. The lowest BCUT2D eigenvalue weighted by Gasteiger charge is -2.15. The number of rotatable bonds is 6. The maximum atomic E-state index is 12.0. The van der Waals surface area contributed by atoms with Gasteiger partial charge in [-0.25, -0.2) is 4.79 Å². The monoisotopic (exact) mass is 376 g/mol. The summed E-state index contributed by atoms with van der Waals surface area (Å²) in [6.45, 7) is 3.74. The van der Waals surface area contributed by atoms with Crippen LogP contribution in [0.1, 0.15) is 30.8 Å². The van der Waals surface area contributed by atoms with Gasteiger partial charge in [0, 0.05) is 18.3 Å². The lowest BCUT2D eigenvalue weighted by atomic mass is 10.2. The molecule has 2 heterocycles. The number of benzene rings is 1. The Morgan fingerprint density at radius 3 is 2.88 bits per heavy atom. The summed E-state index contributed by atoms with van der Waals surface area (Å²) >= 11 is 6.29. The molecule has 0 spiro atoms. The van der Waals surface area contributed by atoms with Crippen molar-refractivity contribution in [3.8, 4) is 5.75 Å². The highest BCUT2D eigenvalue weighted by atomic mass is 35.5. The molecule has 1 N–H and O–H groups in total. The molecule has 0 unspecified atom stereocenters. The number of carbonyl (C=O) groups is 1. The van der Waals surface area contributed by atoms with Crippen LogP contribution in [0.3, 0.4) is 0 Å². The van der Waals surface area contributed by atoms with Gasteiger partial charge in [0.15, 0.2) is 5.58 Å². The first-order chi connectivity index (χ1) is 12.3. The molecule has 8 heteroatoms. The van der Waals surface area contributed by atoms with Gasteiger partial charge in [0.05, 0.1) is 22.7 Å². The Bertz CT molecular complexity index is 1020. The Hall–Kier alpha value is -2.80. The van der Waals surface area contributed by atoms with Crippen LogP contribution in [-0.2, 0) is 11.3 Å². The van der Waals surface area contributed by atoms with Crippen molar-refractivity contribution in [2.75, 3.05) is 0 Å². The fourth-order valence-corrected chi connectivity index (χ4v) is 2.82. The molecule has 3 aromatic rings. The number of hydrogen-bond acceptors (Lipinski definition) is 5. The number of carboxylic acid groups (broad SMARTS) is 1. The highest BCUT2D eigenvalue weighted by molar-refractivity contribution is 6.32. The van der Waals surface area contributed by atoms with E-state index in [0.717, 1.165) is 11.4 Å². The van der Waals surface area contributed by atoms with Gasteiger partial charge in [-0.15, -0.1) is 0 Å². The minimum absolute atomic E-state index is 0.00130. The van der Waals surface area contributed by atoms with E-state index in [2.05, 4.69) is 4.98 Å². The number of aryl methyl sites for hydroxylation is 2. The number of oxazole rings is 1. The largest absolute Gasteiger partial charge is 0.483 e. The van der Waals surface area contributed by atoms with E-state index in [1.807, 2.05) is 32.0 Å². The zero-order valence-corrected chi connectivity index (χ0v) is 15.0. The number of nitrogens with zero attached hydrogens (tertiary/aromatic N) is 2. The third-order valence-electron chi connectivity index (χ3n) is 3.90. The second-order valence-electron chi connectivity index (χ2n) is 5.88. The predicted octanol–water partition coefficient (Wildman–Crippen LogP) is 3.57. The van der Waals surface area contributed by atoms with Crippen LogP contribution in [0.25, 0.3) is 11.1 Å². The maximum Gasteiger partial charge on any atom is 0.419 e. The summed E-state index contributed by atoms with van der Waals surface area (Å²) in [5, 5.41) is 9.10. The van der Waals surface area contributed by atoms with E-state index in [0.29, 0.717) is 16.3 Å². The summed E-state index contributed by atoms with van der Waals surface area (Å²) in [6, 6.07) is 8.71. The van der Waals surface area contributed by atoms with Gasteiger partial charge in [0.25, 0.3) is 0 Å². The predicted molar refractivity (Wildman–Crippen MR) is 95.8 cm³/mol. The van der Waals surface area contributed by atoms with Crippen molar-refractivity contribution in [2.24, 2.45) is 0 Å². The molecule has 26 heavy (non-hydrogen) atoms. The Kier molecular flexibility index (Phi) is 4.99. The number of fused-ring (bicyclic) bond motifs is 1. The molecule has 0 saturated carbocycles. The number of ether oxygens (including phenoxy) is 1. The number of aliphatic carboxylic acids is 1. The fourth-order valence-electron chi connectivity index (χ4n) is 2.62. The van der Waals surface area contributed by atoms with Crippen LogP contribution in [-0.4, -0.2) is 20.6 Å². The number of halogens is 1. The highest BCUT2D eigenvalue weighted by Crippen LogP contribution is 2.33. The molecule has 136 valence electrons. The van der Waals surface area contributed by atoms with Crippen LogP contribution in [0.4, 0.5) is 0 Å². The molecule has 0 radical (unpaired) electrons. The molecule has 1 atom stereocenters. The van der Waals surface area contributed by atoms with Gasteiger partial charge in [-0.2, -0.15) is 0 Å². The van der Waals surface area contributed by atoms with Gasteiger partial charge in [0.1, 0.15) is 11.9 Å². The summed E-state index contributed by atoms with van der Waals surface area (Å²) < 4.78 is 12.3. The zero-order valence-electron chi connectivity index (χ0n) is 14.2. The number of hydrogen-bond donors (Lipinski definition) is 1. The highest BCUT2D eigenvalue weighted by Gasteiger charge is 2.17. The van der Waals surface area contributed by atoms with Crippen molar-refractivity contribution in [3.63, 3.8) is 0 Å². The van der Waals surface area contributed by atoms with Crippen LogP contribution in [0.5, 0.6) is 5.75 Å². The first-order valence-electron chi connectivity index (χ1n) is 8.00. The van der Waals surface area contributed by atoms with Crippen LogP contribution in [0, 0.1) is 6.92 Å². The van der Waals surface area contributed by atoms with Gasteiger partial charge in [-0.3, -0.25) is 14.3 Å². The van der Waals surface area contributed by atoms with E-state index in [1.165, 1.54) is 16.7 Å². The minimum Gasteiger partial charge on any atom is -0.483 e. The molecule has 0 fully saturated rings. The van der Waals surface area contributed by atoms with E-state index in [4.69, 9.17) is 25.9 Å². The van der Waals surface area contributed by atoms with E-state index in [-0.39, 0.29) is 24.7 Å². The minimum atomic E-state index is -1.00. The van der Waals surface area contributed by atoms with Crippen molar-refractivity contribution in [1.29, 1.82) is 0 Å². The van der Waals surface area contributed by atoms with Crippen molar-refractivity contribution in [3.05, 3.63) is 57.3 Å². The van der Waals surface area contributed by atoms with Gasteiger partial charge >= 0.3 is 11.7 Å². The van der Waals surface area contributed by atoms with Crippen molar-refractivity contribution < 1.29 is 19.1 Å². The lowest BCUT2D eigenvalue weighted by molar-refractivity contribution is -0.137. The second-order valence-corrected chi connectivity index (χ2v) is 6.28. The van der Waals surface area contributed by atoms with E-state index in [9.17, 15) is 9.59 Å². The second kappa shape index (κ2) is 7.21. The van der Waals surface area contributed by atoms with E-state index in [1.54, 1.807) is 0 Å². The van der Waals surface area contributed by atoms with Gasteiger partial charge in [-0.05, 0) is 32.0 Å². The molecular formula is C18H17ClN2O5. The summed E-state index contributed by atoms with van der Waals surface area (Å²) in [4.78, 5) is 27.1. The van der Waals surface area contributed by atoms with Gasteiger partial charge < -0.3 is 14.3 Å². The SMILES string of the molecule is Cc1cccc([C@@H](C)Oc2cc3oc(=O)n(CCC(=O)O)c3cc2Cl)n1. The smallest absolute Gasteiger partial charge is 0.419 e. The Morgan fingerprint density at radius 1 is 1.42 bits per heavy atom.